The zero-order valence-electron chi connectivity index (χ0n) is 18.3. The number of hydrogen-bond donors (Lipinski definition) is 1. The molecule has 3 aromatic carbocycles. The van der Waals surface area contributed by atoms with Gasteiger partial charge in [-0.05, 0) is 23.8 Å². The molecule has 0 spiro atoms. The van der Waals surface area contributed by atoms with E-state index in [2.05, 4.69) is 6.07 Å². The first kappa shape index (κ1) is 21.6. The van der Waals surface area contributed by atoms with Crippen molar-refractivity contribution in [2.45, 2.75) is 12.5 Å². The number of ether oxygens (including phenoxy) is 2. The highest BCUT2D eigenvalue weighted by atomic mass is 32.2. The van der Waals surface area contributed by atoms with Crippen molar-refractivity contribution in [3.63, 3.8) is 0 Å². The molecule has 0 unspecified atom stereocenters. The van der Waals surface area contributed by atoms with Crippen LogP contribution in [0.4, 0.5) is 5.69 Å². The molecule has 2 N–H and O–H groups in total. The summed E-state index contributed by atoms with van der Waals surface area (Å²) >= 11 is 0. The van der Waals surface area contributed by atoms with Gasteiger partial charge in [0.25, 0.3) is 10.0 Å². The number of methoxy groups -OCH3 is 1. The predicted molar refractivity (Wildman–Crippen MR) is 129 cm³/mol. The van der Waals surface area contributed by atoms with Crippen molar-refractivity contribution in [2.24, 2.45) is 5.73 Å². The van der Waals surface area contributed by atoms with Gasteiger partial charge in [-0.25, -0.2) is 8.42 Å². The first-order valence-corrected chi connectivity index (χ1v) is 12.0. The van der Waals surface area contributed by atoms with E-state index in [0.717, 1.165) is 5.56 Å². The quantitative estimate of drug-likeness (QED) is 0.611. The summed E-state index contributed by atoms with van der Waals surface area (Å²) in [5, 5.41) is 9.97. The van der Waals surface area contributed by atoms with Crippen molar-refractivity contribution in [1.29, 1.82) is 5.26 Å². The summed E-state index contributed by atoms with van der Waals surface area (Å²) in [5.74, 6) is -0.530. The minimum Gasteiger partial charge on any atom is -0.496 e. The van der Waals surface area contributed by atoms with Gasteiger partial charge in [0.1, 0.15) is 22.3 Å². The SMILES string of the molecule is COc1ccccc1[C@H]1C(C#N)=C(N)OC2=C1S(=O)(=O)N(Cc1ccccc1)c1ccccc12. The maximum atomic E-state index is 14.2. The fourth-order valence-corrected chi connectivity index (χ4v) is 6.35. The van der Waals surface area contributed by atoms with E-state index in [1.54, 1.807) is 42.5 Å². The number of fused-ring (bicyclic) bond motifs is 2. The second-order valence-electron chi connectivity index (χ2n) is 7.87. The number of anilines is 1. The van der Waals surface area contributed by atoms with E-state index in [1.807, 2.05) is 36.4 Å². The Hall–Kier alpha value is -4.22. The molecular formula is C26H21N3O4S. The van der Waals surface area contributed by atoms with E-state index in [4.69, 9.17) is 15.2 Å². The number of benzene rings is 3. The fraction of sp³-hybridized carbons (Fsp3) is 0.115. The van der Waals surface area contributed by atoms with Crippen molar-refractivity contribution < 1.29 is 17.9 Å². The van der Waals surface area contributed by atoms with Crippen LogP contribution in [-0.2, 0) is 21.3 Å². The van der Waals surface area contributed by atoms with Crippen LogP contribution in [0.15, 0.2) is 95.2 Å². The molecule has 2 aliphatic rings. The minimum absolute atomic E-state index is 0.0193. The van der Waals surface area contributed by atoms with Gasteiger partial charge in [-0.1, -0.05) is 60.7 Å². The van der Waals surface area contributed by atoms with Gasteiger partial charge < -0.3 is 15.2 Å². The van der Waals surface area contributed by atoms with E-state index in [0.29, 0.717) is 22.6 Å². The summed E-state index contributed by atoms with van der Waals surface area (Å²) in [5.41, 5.74) is 8.60. The number of rotatable bonds is 4. The molecule has 8 heteroatoms. The topological polar surface area (TPSA) is 106 Å². The number of para-hydroxylation sites is 2. The lowest BCUT2D eigenvalue weighted by Crippen LogP contribution is -2.39. The molecule has 0 aromatic heterocycles. The summed E-state index contributed by atoms with van der Waals surface area (Å²) in [6.07, 6.45) is 0. The van der Waals surface area contributed by atoms with Crippen LogP contribution in [-0.4, -0.2) is 15.5 Å². The van der Waals surface area contributed by atoms with Crippen molar-refractivity contribution in [1.82, 2.24) is 0 Å². The van der Waals surface area contributed by atoms with Crippen LogP contribution in [0.1, 0.15) is 22.6 Å². The molecule has 0 saturated carbocycles. The van der Waals surface area contributed by atoms with Gasteiger partial charge in [0.2, 0.25) is 5.88 Å². The van der Waals surface area contributed by atoms with Crippen LogP contribution < -0.4 is 14.8 Å². The summed E-state index contributed by atoms with van der Waals surface area (Å²) in [7, 11) is -2.63. The Morgan fingerprint density at radius 1 is 1.03 bits per heavy atom. The number of nitrogens with zero attached hydrogens (tertiary/aromatic N) is 2. The van der Waals surface area contributed by atoms with Gasteiger partial charge >= 0.3 is 0 Å². The largest absolute Gasteiger partial charge is 0.496 e. The maximum Gasteiger partial charge on any atom is 0.265 e. The summed E-state index contributed by atoms with van der Waals surface area (Å²) in [6.45, 7) is 0.122. The van der Waals surface area contributed by atoms with Gasteiger partial charge in [-0.3, -0.25) is 4.31 Å². The van der Waals surface area contributed by atoms with Gasteiger partial charge in [-0.15, -0.1) is 0 Å². The first-order valence-electron chi connectivity index (χ1n) is 10.6. The van der Waals surface area contributed by atoms with E-state index >= 15 is 0 Å². The second-order valence-corrected chi connectivity index (χ2v) is 9.71. The number of hydrogen-bond acceptors (Lipinski definition) is 6. The summed E-state index contributed by atoms with van der Waals surface area (Å²) in [6, 6.07) is 25.5. The third kappa shape index (κ3) is 3.29. The van der Waals surface area contributed by atoms with Crippen LogP contribution in [0.2, 0.25) is 0 Å². The average Bonchev–Trinajstić information content (AvgIpc) is 2.86. The molecule has 0 saturated heterocycles. The van der Waals surface area contributed by atoms with E-state index in [-0.39, 0.29) is 28.7 Å². The van der Waals surface area contributed by atoms with Crippen LogP contribution in [0.5, 0.6) is 5.75 Å². The van der Waals surface area contributed by atoms with Crippen LogP contribution in [0.25, 0.3) is 5.76 Å². The molecule has 34 heavy (non-hydrogen) atoms. The lowest BCUT2D eigenvalue weighted by atomic mass is 9.87. The predicted octanol–water partition coefficient (Wildman–Crippen LogP) is 4.22. The molecule has 2 aliphatic heterocycles. The van der Waals surface area contributed by atoms with Gasteiger partial charge in [0.15, 0.2) is 5.76 Å². The average molecular weight is 472 g/mol. The Morgan fingerprint density at radius 2 is 1.71 bits per heavy atom. The van der Waals surface area contributed by atoms with Crippen molar-refractivity contribution >= 4 is 21.5 Å². The lowest BCUT2D eigenvalue weighted by molar-refractivity contribution is 0.355. The van der Waals surface area contributed by atoms with Gasteiger partial charge in [0.05, 0.1) is 25.3 Å². The van der Waals surface area contributed by atoms with Crippen molar-refractivity contribution in [3.8, 4) is 11.8 Å². The first-order chi connectivity index (χ1) is 16.5. The van der Waals surface area contributed by atoms with Crippen molar-refractivity contribution in [3.05, 3.63) is 112 Å². The Kier molecular flexibility index (Phi) is 5.27. The molecule has 0 fully saturated rings. The smallest absolute Gasteiger partial charge is 0.265 e. The number of sulfonamides is 1. The molecule has 0 aliphatic carbocycles. The highest BCUT2D eigenvalue weighted by molar-refractivity contribution is 7.96. The lowest BCUT2D eigenvalue weighted by Gasteiger charge is -2.38. The van der Waals surface area contributed by atoms with E-state index in [9.17, 15) is 13.7 Å². The molecule has 3 aromatic rings. The standard InChI is InChI=1S/C26H21N3O4S/c1-32-22-14-8-6-12-19(22)23-20(15-27)26(28)33-24-18-11-5-7-13-21(18)29(34(30,31)25(23)24)16-17-9-3-2-4-10-17/h2-14,23H,16,28H2,1H3/t23-/m0/s1. The summed E-state index contributed by atoms with van der Waals surface area (Å²) in [4.78, 5) is -0.0302. The zero-order chi connectivity index (χ0) is 23.9. The molecule has 5 rings (SSSR count). The van der Waals surface area contributed by atoms with Crippen LogP contribution >= 0.6 is 0 Å². The molecule has 0 amide bonds. The number of allylic oxidation sites excluding steroid dienone is 2. The van der Waals surface area contributed by atoms with Crippen molar-refractivity contribution in [2.75, 3.05) is 11.4 Å². The normalized spacial score (nSPS) is 18.5. The minimum atomic E-state index is -4.13. The molecule has 170 valence electrons. The van der Waals surface area contributed by atoms with E-state index < -0.39 is 15.9 Å². The Morgan fingerprint density at radius 3 is 2.44 bits per heavy atom. The highest BCUT2D eigenvalue weighted by Gasteiger charge is 2.47. The fourth-order valence-electron chi connectivity index (χ4n) is 4.45. The monoisotopic (exact) mass is 471 g/mol. The molecular weight excluding hydrogens is 450 g/mol. The number of nitrogens with two attached hydrogens (primary N) is 1. The molecule has 1 atom stereocenters. The Labute approximate surface area is 198 Å². The van der Waals surface area contributed by atoms with Crippen LogP contribution in [0.3, 0.4) is 0 Å². The summed E-state index contributed by atoms with van der Waals surface area (Å²) < 4.78 is 41.2. The molecule has 2 heterocycles. The van der Waals surface area contributed by atoms with Crippen LogP contribution in [0, 0.1) is 11.3 Å². The van der Waals surface area contributed by atoms with Gasteiger partial charge in [0, 0.05) is 11.1 Å². The molecule has 0 bridgehead atoms. The molecule has 0 radical (unpaired) electrons. The zero-order valence-corrected chi connectivity index (χ0v) is 19.1. The second kappa shape index (κ2) is 8.28. The number of nitriles is 1. The van der Waals surface area contributed by atoms with Gasteiger partial charge in [-0.2, -0.15) is 5.26 Å². The third-order valence-corrected chi connectivity index (χ3v) is 7.86. The Bertz CT molecular complexity index is 1490. The Balaban J connectivity index is 1.79. The molecule has 7 nitrogen and oxygen atoms in total. The van der Waals surface area contributed by atoms with E-state index in [1.165, 1.54) is 11.4 Å². The highest BCUT2D eigenvalue weighted by Crippen LogP contribution is 2.52. The third-order valence-electron chi connectivity index (χ3n) is 5.98. The maximum absolute atomic E-state index is 14.2.